The summed E-state index contributed by atoms with van der Waals surface area (Å²) in [6.45, 7) is -0.433. The van der Waals surface area contributed by atoms with Crippen molar-refractivity contribution < 1.29 is 28.1 Å². The second kappa shape index (κ2) is 9.15. The third-order valence-corrected chi connectivity index (χ3v) is 5.60. The van der Waals surface area contributed by atoms with Crippen molar-refractivity contribution >= 4 is 40.4 Å². The number of fused-ring (bicyclic) bond motifs is 1. The van der Waals surface area contributed by atoms with Crippen molar-refractivity contribution in [3.05, 3.63) is 82.1 Å². The van der Waals surface area contributed by atoms with E-state index in [0.717, 1.165) is 10.8 Å². The molecule has 6 nitrogen and oxygen atoms in total. The van der Waals surface area contributed by atoms with E-state index in [2.05, 4.69) is 25.8 Å². The number of hydrogen-bond acceptors (Lipinski definition) is 3. The number of phosphoric acid groups is 1. The first-order valence-electron chi connectivity index (χ1n) is 8.65. The molecule has 0 heterocycles. The number of benzene rings is 3. The molecule has 0 aliphatic carbocycles. The van der Waals surface area contributed by atoms with Crippen LogP contribution in [-0.4, -0.2) is 28.3 Å². The number of carbonyl (C=O) groups is 1. The number of rotatable bonds is 7. The zero-order valence-electron chi connectivity index (χ0n) is 15.1. The van der Waals surface area contributed by atoms with Gasteiger partial charge in [0.25, 0.3) is 5.91 Å². The molecule has 3 aromatic rings. The summed E-state index contributed by atoms with van der Waals surface area (Å²) in [5.74, 6) is -0.890. The predicted octanol–water partition coefficient (Wildman–Crippen LogP) is 4.19. The van der Waals surface area contributed by atoms with E-state index in [1.54, 1.807) is 12.1 Å². The van der Waals surface area contributed by atoms with Crippen molar-refractivity contribution in [2.75, 3.05) is 6.61 Å². The number of hydrogen-bond donors (Lipinski definition) is 3. The summed E-state index contributed by atoms with van der Waals surface area (Å²) >= 11 is 3.45. The fraction of sp³-hybridized carbons (Fsp3) is 0.150. The quantitative estimate of drug-likeness (QED) is 0.439. The van der Waals surface area contributed by atoms with Crippen LogP contribution in [0.5, 0.6) is 0 Å². The number of phosphoric ester groups is 1. The highest BCUT2D eigenvalue weighted by molar-refractivity contribution is 9.10. The van der Waals surface area contributed by atoms with Crippen molar-refractivity contribution in [3.8, 4) is 0 Å². The van der Waals surface area contributed by atoms with E-state index in [4.69, 9.17) is 9.79 Å². The van der Waals surface area contributed by atoms with Gasteiger partial charge >= 0.3 is 7.82 Å². The molecule has 0 saturated heterocycles. The average molecular weight is 482 g/mol. The Labute approximate surface area is 175 Å². The molecular weight excluding hydrogens is 464 g/mol. The monoisotopic (exact) mass is 481 g/mol. The molecule has 0 aliphatic heterocycles. The summed E-state index contributed by atoms with van der Waals surface area (Å²) in [4.78, 5) is 30.8. The average Bonchev–Trinajstić information content (AvgIpc) is 2.66. The van der Waals surface area contributed by atoms with Crippen LogP contribution < -0.4 is 5.32 Å². The van der Waals surface area contributed by atoms with Gasteiger partial charge in [-0.1, -0.05) is 42.5 Å². The van der Waals surface area contributed by atoms with Crippen LogP contribution in [0, 0.1) is 5.82 Å². The first-order chi connectivity index (χ1) is 13.7. The van der Waals surface area contributed by atoms with E-state index in [9.17, 15) is 13.8 Å². The maximum Gasteiger partial charge on any atom is 0.469 e. The maximum absolute atomic E-state index is 13.5. The molecular formula is C20H18BrFNO5P. The molecule has 0 saturated carbocycles. The molecule has 0 radical (unpaired) electrons. The molecule has 0 spiro atoms. The maximum atomic E-state index is 13.5. The van der Waals surface area contributed by atoms with Crippen molar-refractivity contribution in [1.29, 1.82) is 0 Å². The number of nitrogens with one attached hydrogen (secondary N) is 1. The predicted molar refractivity (Wildman–Crippen MR) is 111 cm³/mol. The molecule has 9 heteroatoms. The van der Waals surface area contributed by atoms with Crippen molar-refractivity contribution in [2.45, 2.75) is 12.5 Å². The molecule has 29 heavy (non-hydrogen) atoms. The van der Waals surface area contributed by atoms with Crippen LogP contribution in [0.15, 0.2) is 65.1 Å². The lowest BCUT2D eigenvalue weighted by Crippen LogP contribution is -2.39. The minimum Gasteiger partial charge on any atom is -0.347 e. The fourth-order valence-electron chi connectivity index (χ4n) is 2.96. The molecule has 3 N–H and O–H groups in total. The van der Waals surface area contributed by atoms with E-state index in [0.29, 0.717) is 15.6 Å². The molecule has 0 aliphatic rings. The lowest BCUT2D eigenvalue weighted by atomic mass is 10.0. The molecule has 0 unspecified atom stereocenters. The van der Waals surface area contributed by atoms with Crippen LogP contribution in [0.2, 0.25) is 0 Å². The van der Waals surface area contributed by atoms with Gasteiger partial charge in [0.2, 0.25) is 0 Å². The Morgan fingerprint density at radius 2 is 1.90 bits per heavy atom. The largest absolute Gasteiger partial charge is 0.469 e. The Balaban J connectivity index is 1.83. The molecule has 152 valence electrons. The first kappa shape index (κ1) is 21.6. The van der Waals surface area contributed by atoms with Gasteiger partial charge in [0, 0.05) is 4.47 Å². The van der Waals surface area contributed by atoms with Gasteiger partial charge in [-0.2, -0.15) is 0 Å². The Hall–Kier alpha value is -2.09. The third-order valence-electron chi connectivity index (χ3n) is 4.26. The molecule has 0 aromatic heterocycles. The molecule has 1 amide bonds. The normalized spacial score (nSPS) is 12.7. The molecule has 1 atom stereocenters. The summed E-state index contributed by atoms with van der Waals surface area (Å²) in [7, 11) is -4.73. The van der Waals surface area contributed by atoms with E-state index >= 15 is 0 Å². The van der Waals surface area contributed by atoms with Gasteiger partial charge in [-0.05, 0) is 56.9 Å². The Morgan fingerprint density at radius 3 is 2.62 bits per heavy atom. The van der Waals surface area contributed by atoms with Gasteiger partial charge in [0.1, 0.15) is 5.82 Å². The van der Waals surface area contributed by atoms with Crippen LogP contribution in [-0.2, 0) is 15.5 Å². The summed E-state index contributed by atoms with van der Waals surface area (Å²) in [6, 6.07) is 16.0. The van der Waals surface area contributed by atoms with Gasteiger partial charge in [-0.3, -0.25) is 9.32 Å². The summed E-state index contributed by atoms with van der Waals surface area (Å²) in [5, 5.41) is 4.53. The van der Waals surface area contributed by atoms with Crippen molar-refractivity contribution in [3.63, 3.8) is 0 Å². The van der Waals surface area contributed by atoms with Crippen LogP contribution in [0.25, 0.3) is 10.8 Å². The second-order valence-electron chi connectivity index (χ2n) is 6.44. The van der Waals surface area contributed by atoms with Gasteiger partial charge < -0.3 is 15.1 Å². The molecule has 3 rings (SSSR count). The van der Waals surface area contributed by atoms with Crippen LogP contribution in [0.4, 0.5) is 4.39 Å². The van der Waals surface area contributed by atoms with Gasteiger partial charge in [0.15, 0.2) is 0 Å². The Morgan fingerprint density at radius 1 is 1.14 bits per heavy atom. The highest BCUT2D eigenvalue weighted by Crippen LogP contribution is 2.36. The smallest absolute Gasteiger partial charge is 0.347 e. The Bertz CT molecular complexity index is 1090. The standard InChI is InChI=1S/C20H18BrFNO5P/c21-19-17-7-2-1-5-14(17)8-9-18(19)20(24)23-16(12-28-29(25,26)27)11-13-4-3-6-15(22)10-13/h1-10,16H,11-12H2,(H,23,24)(H2,25,26,27)/t16-/m1/s1. The summed E-state index contributed by atoms with van der Waals surface area (Å²) < 4.78 is 29.7. The van der Waals surface area contributed by atoms with E-state index in [-0.39, 0.29) is 6.42 Å². The molecule has 0 bridgehead atoms. The zero-order chi connectivity index (χ0) is 21.0. The van der Waals surface area contributed by atoms with Crippen LogP contribution in [0.1, 0.15) is 15.9 Å². The minimum absolute atomic E-state index is 0.134. The number of carbonyl (C=O) groups excluding carboxylic acids is 1. The van der Waals surface area contributed by atoms with E-state index < -0.39 is 32.2 Å². The van der Waals surface area contributed by atoms with Gasteiger partial charge in [-0.15, -0.1) is 0 Å². The van der Waals surface area contributed by atoms with Crippen LogP contribution in [0.3, 0.4) is 0 Å². The minimum atomic E-state index is -4.73. The first-order valence-corrected chi connectivity index (χ1v) is 11.0. The van der Waals surface area contributed by atoms with Gasteiger partial charge in [-0.25, -0.2) is 8.96 Å². The highest BCUT2D eigenvalue weighted by Gasteiger charge is 2.22. The van der Waals surface area contributed by atoms with Crippen molar-refractivity contribution in [2.24, 2.45) is 0 Å². The van der Waals surface area contributed by atoms with Crippen LogP contribution >= 0.6 is 23.8 Å². The highest BCUT2D eigenvalue weighted by atomic mass is 79.9. The summed E-state index contributed by atoms with van der Waals surface area (Å²) in [5.41, 5.74) is 0.923. The van der Waals surface area contributed by atoms with E-state index in [1.807, 2.05) is 30.3 Å². The lowest BCUT2D eigenvalue weighted by molar-refractivity contribution is 0.0908. The molecule has 0 fully saturated rings. The van der Waals surface area contributed by atoms with Crippen molar-refractivity contribution in [1.82, 2.24) is 5.32 Å². The fourth-order valence-corrected chi connectivity index (χ4v) is 4.01. The van der Waals surface area contributed by atoms with E-state index in [1.165, 1.54) is 18.2 Å². The SMILES string of the molecule is O=C(N[C@@H](COP(=O)(O)O)Cc1cccc(F)c1)c1ccc2ccccc2c1Br. The molecule has 3 aromatic carbocycles. The second-order valence-corrected chi connectivity index (χ2v) is 8.47. The van der Waals surface area contributed by atoms with Gasteiger partial charge in [0.05, 0.1) is 18.2 Å². The number of amides is 1. The number of halogens is 2. The topological polar surface area (TPSA) is 95.9 Å². The zero-order valence-corrected chi connectivity index (χ0v) is 17.6. The third kappa shape index (κ3) is 5.95. The summed E-state index contributed by atoms with van der Waals surface area (Å²) in [6.07, 6.45) is 0.134. The lowest BCUT2D eigenvalue weighted by Gasteiger charge is -2.20. The Kier molecular flexibility index (Phi) is 6.82.